The molecule has 0 saturated heterocycles. The summed E-state index contributed by atoms with van der Waals surface area (Å²) in [5, 5.41) is 16.2. The van der Waals surface area contributed by atoms with Crippen molar-refractivity contribution in [1.82, 2.24) is 10.2 Å². The quantitative estimate of drug-likeness (QED) is 0.597. The molecule has 0 spiro atoms. The Morgan fingerprint density at radius 3 is 3.08 bits per heavy atom. The van der Waals surface area contributed by atoms with Crippen molar-refractivity contribution < 1.29 is 5.11 Å². The van der Waals surface area contributed by atoms with Crippen LogP contribution >= 0.6 is 0 Å². The summed E-state index contributed by atoms with van der Waals surface area (Å²) in [5.41, 5.74) is -0.289. The number of H-pyrrole nitrogens is 1. The summed E-state index contributed by atoms with van der Waals surface area (Å²) in [6.45, 7) is 0. The smallest absolute Gasteiger partial charge is 0.272 e. The van der Waals surface area contributed by atoms with Crippen molar-refractivity contribution in [3.05, 3.63) is 34.7 Å². The second kappa shape index (κ2) is 2.34. The summed E-state index contributed by atoms with van der Waals surface area (Å²) in [5.74, 6) is 0.0826. The summed E-state index contributed by atoms with van der Waals surface area (Å²) < 4.78 is 0. The number of phenolic OH excluding ortho intramolecular Hbond substituents is 1. The number of aromatic nitrogens is 2. The predicted octanol–water partition coefficient (Wildman–Crippen LogP) is 0.629. The molecule has 0 aliphatic heterocycles. The van der Waals surface area contributed by atoms with Gasteiger partial charge < -0.3 is 5.11 Å². The van der Waals surface area contributed by atoms with Crippen LogP contribution in [0.3, 0.4) is 0 Å². The number of fused-ring (bicyclic) bond motifs is 1. The Morgan fingerprint density at radius 1 is 1.42 bits per heavy atom. The second-order valence-corrected chi connectivity index (χ2v) is 2.47. The molecular weight excluding hydrogens is 156 g/mol. The van der Waals surface area contributed by atoms with E-state index in [-0.39, 0.29) is 11.3 Å². The Bertz CT molecular complexity index is 476. The van der Waals surface area contributed by atoms with E-state index in [1.165, 1.54) is 18.3 Å². The Labute approximate surface area is 67.5 Å². The fourth-order valence-electron chi connectivity index (χ4n) is 1.07. The minimum atomic E-state index is -0.289. The number of phenols is 1. The van der Waals surface area contributed by atoms with Gasteiger partial charge in [0.25, 0.3) is 5.56 Å². The highest BCUT2D eigenvalue weighted by Crippen LogP contribution is 2.14. The van der Waals surface area contributed by atoms with Crippen LogP contribution in [0.15, 0.2) is 29.2 Å². The number of aromatic hydroxyl groups is 1. The predicted molar refractivity (Wildman–Crippen MR) is 44.0 cm³/mol. The lowest BCUT2D eigenvalue weighted by molar-refractivity contribution is 0.476. The van der Waals surface area contributed by atoms with Crippen molar-refractivity contribution in [1.29, 1.82) is 0 Å². The molecule has 0 radical (unpaired) electrons. The molecule has 12 heavy (non-hydrogen) atoms. The van der Waals surface area contributed by atoms with Crippen molar-refractivity contribution in [3.8, 4) is 5.75 Å². The van der Waals surface area contributed by atoms with E-state index in [0.717, 1.165) is 5.39 Å². The number of nitrogens with one attached hydrogen (secondary N) is 1. The number of benzene rings is 1. The van der Waals surface area contributed by atoms with E-state index in [1.54, 1.807) is 6.07 Å². The molecule has 0 fully saturated rings. The third kappa shape index (κ3) is 0.934. The minimum absolute atomic E-state index is 0.0826. The van der Waals surface area contributed by atoms with Gasteiger partial charge in [-0.15, -0.1) is 0 Å². The van der Waals surface area contributed by atoms with Crippen LogP contribution < -0.4 is 5.56 Å². The summed E-state index contributed by atoms with van der Waals surface area (Å²) in [7, 11) is 0. The Morgan fingerprint density at radius 2 is 2.25 bits per heavy atom. The first-order chi connectivity index (χ1) is 5.77. The molecule has 60 valence electrons. The van der Waals surface area contributed by atoms with Crippen molar-refractivity contribution in [2.24, 2.45) is 0 Å². The molecule has 4 nitrogen and oxygen atoms in total. The van der Waals surface area contributed by atoms with Crippen LogP contribution in [-0.4, -0.2) is 15.3 Å². The van der Waals surface area contributed by atoms with Gasteiger partial charge in [-0.3, -0.25) is 4.79 Å². The molecule has 1 aromatic carbocycles. The first-order valence-corrected chi connectivity index (χ1v) is 3.44. The van der Waals surface area contributed by atoms with E-state index in [1.807, 2.05) is 0 Å². The van der Waals surface area contributed by atoms with Gasteiger partial charge in [0.1, 0.15) is 5.75 Å². The number of rotatable bonds is 0. The minimum Gasteiger partial charge on any atom is -0.508 e. The van der Waals surface area contributed by atoms with Crippen LogP contribution in [0.5, 0.6) is 5.75 Å². The van der Waals surface area contributed by atoms with Gasteiger partial charge in [0.2, 0.25) is 0 Å². The molecule has 0 amide bonds. The maximum Gasteiger partial charge on any atom is 0.272 e. The highest BCUT2D eigenvalue weighted by molar-refractivity contribution is 5.81. The maximum atomic E-state index is 11.1. The molecule has 0 bridgehead atoms. The molecule has 0 saturated carbocycles. The molecule has 0 aliphatic carbocycles. The molecule has 2 N–H and O–H groups in total. The van der Waals surface area contributed by atoms with Crippen LogP contribution in [-0.2, 0) is 0 Å². The van der Waals surface area contributed by atoms with Crippen LogP contribution in [0.25, 0.3) is 10.8 Å². The van der Waals surface area contributed by atoms with Gasteiger partial charge in [-0.2, -0.15) is 5.10 Å². The zero-order valence-corrected chi connectivity index (χ0v) is 6.11. The van der Waals surface area contributed by atoms with Gasteiger partial charge in [0, 0.05) is 5.39 Å². The zero-order chi connectivity index (χ0) is 8.55. The first-order valence-electron chi connectivity index (χ1n) is 3.44. The lowest BCUT2D eigenvalue weighted by atomic mass is 10.2. The van der Waals surface area contributed by atoms with Gasteiger partial charge in [-0.05, 0) is 18.2 Å². The number of nitrogens with zero attached hydrogens (tertiary/aromatic N) is 1. The number of aromatic amines is 1. The van der Waals surface area contributed by atoms with E-state index in [2.05, 4.69) is 10.2 Å². The SMILES string of the molecule is O=c1[nH]ncc2ccc(O)cc12. The second-order valence-electron chi connectivity index (χ2n) is 2.47. The fraction of sp³-hybridized carbons (Fsp3) is 0. The molecule has 1 aromatic heterocycles. The van der Waals surface area contributed by atoms with Gasteiger partial charge in [0.15, 0.2) is 0 Å². The Hall–Kier alpha value is -1.84. The van der Waals surface area contributed by atoms with E-state index >= 15 is 0 Å². The average Bonchev–Trinajstić information content (AvgIpc) is 2.07. The highest BCUT2D eigenvalue weighted by Gasteiger charge is 1.98. The largest absolute Gasteiger partial charge is 0.508 e. The monoisotopic (exact) mass is 162 g/mol. The standard InChI is InChI=1S/C8H6N2O2/c11-6-2-1-5-4-9-10-8(12)7(5)3-6/h1-4,11H,(H,10,12). The molecule has 1 heterocycles. The normalized spacial score (nSPS) is 10.3. The molecular formula is C8H6N2O2. The van der Waals surface area contributed by atoms with Crippen LogP contribution in [0.4, 0.5) is 0 Å². The lowest BCUT2D eigenvalue weighted by Gasteiger charge is -1.94. The van der Waals surface area contributed by atoms with Gasteiger partial charge in [-0.25, -0.2) is 5.10 Å². The van der Waals surface area contributed by atoms with E-state index in [0.29, 0.717) is 5.39 Å². The fourth-order valence-corrected chi connectivity index (χ4v) is 1.07. The summed E-state index contributed by atoms with van der Waals surface area (Å²) in [6, 6.07) is 4.58. The zero-order valence-electron chi connectivity index (χ0n) is 6.11. The van der Waals surface area contributed by atoms with E-state index in [4.69, 9.17) is 5.11 Å². The topological polar surface area (TPSA) is 66.0 Å². The Kier molecular flexibility index (Phi) is 1.33. The van der Waals surface area contributed by atoms with E-state index in [9.17, 15) is 4.79 Å². The summed E-state index contributed by atoms with van der Waals surface area (Å²) in [6.07, 6.45) is 1.54. The summed E-state index contributed by atoms with van der Waals surface area (Å²) >= 11 is 0. The van der Waals surface area contributed by atoms with Crippen LogP contribution in [0.2, 0.25) is 0 Å². The van der Waals surface area contributed by atoms with Crippen molar-refractivity contribution >= 4 is 10.8 Å². The van der Waals surface area contributed by atoms with Crippen molar-refractivity contribution in [2.45, 2.75) is 0 Å². The molecule has 0 atom stereocenters. The highest BCUT2D eigenvalue weighted by atomic mass is 16.3. The van der Waals surface area contributed by atoms with Gasteiger partial charge in [0.05, 0.1) is 11.6 Å². The molecule has 2 aromatic rings. The average molecular weight is 162 g/mol. The van der Waals surface area contributed by atoms with Crippen molar-refractivity contribution in [2.75, 3.05) is 0 Å². The number of hydrogen-bond acceptors (Lipinski definition) is 3. The first kappa shape index (κ1) is 6.84. The maximum absolute atomic E-state index is 11.1. The number of hydrogen-bond donors (Lipinski definition) is 2. The van der Waals surface area contributed by atoms with Crippen molar-refractivity contribution in [3.63, 3.8) is 0 Å². The van der Waals surface area contributed by atoms with Gasteiger partial charge >= 0.3 is 0 Å². The lowest BCUT2D eigenvalue weighted by Crippen LogP contribution is -2.06. The molecule has 0 aliphatic rings. The third-order valence-corrected chi connectivity index (χ3v) is 1.65. The Balaban J connectivity index is 2.98. The molecule has 4 heteroatoms. The van der Waals surface area contributed by atoms with Crippen LogP contribution in [0.1, 0.15) is 0 Å². The summed E-state index contributed by atoms with van der Waals surface area (Å²) in [4.78, 5) is 11.1. The van der Waals surface area contributed by atoms with Gasteiger partial charge in [-0.1, -0.05) is 0 Å². The van der Waals surface area contributed by atoms with Crippen LogP contribution in [0, 0.1) is 0 Å². The third-order valence-electron chi connectivity index (χ3n) is 1.65. The molecule has 0 unspecified atom stereocenters. The van der Waals surface area contributed by atoms with E-state index < -0.39 is 0 Å². The molecule has 2 rings (SSSR count).